The second-order valence-corrected chi connectivity index (χ2v) is 5.49. The van der Waals surface area contributed by atoms with Crippen molar-refractivity contribution in [3.63, 3.8) is 0 Å². The van der Waals surface area contributed by atoms with Gasteiger partial charge in [-0.05, 0) is 23.6 Å². The third-order valence-corrected chi connectivity index (χ3v) is 3.75. The zero-order valence-corrected chi connectivity index (χ0v) is 13.8. The number of hydrogen-bond acceptors (Lipinski definition) is 5. The van der Waals surface area contributed by atoms with Crippen molar-refractivity contribution in [2.45, 2.75) is 0 Å². The van der Waals surface area contributed by atoms with Crippen LogP contribution >= 0.6 is 0 Å². The second kappa shape index (κ2) is 6.92. The van der Waals surface area contributed by atoms with Crippen LogP contribution in [0, 0.1) is 0 Å². The molecule has 0 fully saturated rings. The maximum Gasteiger partial charge on any atom is 0.253 e. The Labute approximate surface area is 145 Å². The third-order valence-electron chi connectivity index (χ3n) is 3.75. The van der Waals surface area contributed by atoms with Crippen LogP contribution in [-0.4, -0.2) is 17.9 Å². The maximum atomic E-state index is 12.0. The van der Waals surface area contributed by atoms with Gasteiger partial charge in [-0.15, -0.1) is 0 Å². The van der Waals surface area contributed by atoms with Crippen molar-refractivity contribution in [1.29, 1.82) is 0 Å². The van der Waals surface area contributed by atoms with Crippen LogP contribution in [-0.2, 0) is 0 Å². The lowest BCUT2D eigenvalue weighted by Gasteiger charge is -2.16. The molecule has 0 saturated carbocycles. The summed E-state index contributed by atoms with van der Waals surface area (Å²) in [6.07, 6.45) is 1.79. The molecule has 126 valence electrons. The number of nitrogen functional groups attached to an aromatic ring is 1. The van der Waals surface area contributed by atoms with Crippen molar-refractivity contribution in [1.82, 2.24) is 10.3 Å². The molecule has 1 heterocycles. The number of carbonyl (C=O) groups excluding carboxylic acids is 1. The average Bonchev–Trinajstić information content (AvgIpc) is 2.62. The number of nitrogens with zero attached hydrogens (tertiary/aromatic N) is 1. The number of anilines is 3. The van der Waals surface area contributed by atoms with Gasteiger partial charge in [0.05, 0.1) is 16.9 Å². The number of rotatable bonds is 5. The number of pyridine rings is 1. The van der Waals surface area contributed by atoms with E-state index in [1.165, 1.54) is 0 Å². The minimum absolute atomic E-state index is 0.230. The third kappa shape index (κ3) is 3.53. The largest absolute Gasteiger partial charge is 0.397 e. The van der Waals surface area contributed by atoms with Gasteiger partial charge in [-0.1, -0.05) is 36.9 Å². The number of aromatic nitrogens is 1. The molecular weight excluding hydrogens is 314 g/mol. The van der Waals surface area contributed by atoms with Crippen molar-refractivity contribution in [3.05, 3.63) is 72.7 Å². The predicted octanol–water partition coefficient (Wildman–Crippen LogP) is 3.17. The Bertz CT molecular complexity index is 951. The number of amides is 1. The van der Waals surface area contributed by atoms with Gasteiger partial charge in [0.1, 0.15) is 11.6 Å². The maximum absolute atomic E-state index is 12.0. The van der Waals surface area contributed by atoms with Crippen molar-refractivity contribution in [2.24, 2.45) is 0 Å². The first-order valence-corrected chi connectivity index (χ1v) is 7.77. The molecule has 0 atom stereocenters. The standard InChI is InChI=1S/C19H19N5O/c1-12(23-17-10-13-6-3-4-7-14(13)11-22-17)24-18-15(19(25)21-2)8-5-9-16(18)20/h3-11,24H,1,20H2,2H3,(H,21,25)(H,22,23). The Morgan fingerprint density at radius 1 is 1.08 bits per heavy atom. The number of fused-ring (bicyclic) bond motifs is 1. The van der Waals surface area contributed by atoms with Crippen LogP contribution in [0.3, 0.4) is 0 Å². The Morgan fingerprint density at radius 3 is 2.60 bits per heavy atom. The molecule has 0 aliphatic rings. The quantitative estimate of drug-likeness (QED) is 0.538. The first kappa shape index (κ1) is 16.3. The second-order valence-electron chi connectivity index (χ2n) is 5.49. The van der Waals surface area contributed by atoms with Crippen LogP contribution in [0.5, 0.6) is 0 Å². The Hall–Kier alpha value is -3.54. The molecule has 6 nitrogen and oxygen atoms in total. The molecule has 0 unspecified atom stereocenters. The molecule has 1 aromatic heterocycles. The monoisotopic (exact) mass is 333 g/mol. The molecule has 0 aliphatic heterocycles. The fourth-order valence-electron chi connectivity index (χ4n) is 2.52. The normalized spacial score (nSPS) is 10.3. The lowest BCUT2D eigenvalue weighted by atomic mass is 10.1. The van der Waals surface area contributed by atoms with Crippen molar-refractivity contribution < 1.29 is 4.79 Å². The molecular formula is C19H19N5O. The number of hydrogen-bond donors (Lipinski definition) is 4. The SMILES string of the molecule is C=C(Nc1cc2ccccc2cn1)Nc1c(N)cccc1C(=O)NC. The summed E-state index contributed by atoms with van der Waals surface area (Å²) in [7, 11) is 1.57. The van der Waals surface area contributed by atoms with Gasteiger partial charge in [-0.3, -0.25) is 4.79 Å². The molecule has 0 saturated heterocycles. The summed E-state index contributed by atoms with van der Waals surface area (Å²) in [6.45, 7) is 3.94. The van der Waals surface area contributed by atoms with Crippen LogP contribution in [0.4, 0.5) is 17.2 Å². The van der Waals surface area contributed by atoms with Crippen LogP contribution < -0.4 is 21.7 Å². The predicted molar refractivity (Wildman–Crippen MR) is 102 cm³/mol. The topological polar surface area (TPSA) is 92.1 Å². The summed E-state index contributed by atoms with van der Waals surface area (Å²) >= 11 is 0. The van der Waals surface area contributed by atoms with E-state index in [9.17, 15) is 4.79 Å². The summed E-state index contributed by atoms with van der Waals surface area (Å²) in [4.78, 5) is 16.4. The van der Waals surface area contributed by atoms with E-state index in [0.717, 1.165) is 10.8 Å². The first-order valence-electron chi connectivity index (χ1n) is 7.77. The lowest BCUT2D eigenvalue weighted by molar-refractivity contribution is 0.0964. The molecule has 0 bridgehead atoms. The van der Waals surface area contributed by atoms with Crippen LogP contribution in [0.15, 0.2) is 67.1 Å². The van der Waals surface area contributed by atoms with E-state index in [4.69, 9.17) is 5.73 Å². The van der Waals surface area contributed by atoms with Crippen LogP contribution in [0.25, 0.3) is 10.8 Å². The Balaban J connectivity index is 1.81. The van der Waals surface area contributed by atoms with Gasteiger partial charge in [-0.25, -0.2) is 4.98 Å². The van der Waals surface area contributed by atoms with E-state index >= 15 is 0 Å². The number of nitrogens with one attached hydrogen (secondary N) is 3. The zero-order chi connectivity index (χ0) is 17.8. The number of para-hydroxylation sites is 1. The van der Waals surface area contributed by atoms with Gasteiger partial charge in [0.15, 0.2) is 0 Å². The summed E-state index contributed by atoms with van der Waals surface area (Å²) in [6, 6.07) is 15.0. The molecule has 1 amide bonds. The van der Waals surface area contributed by atoms with Gasteiger partial charge >= 0.3 is 0 Å². The molecule has 5 N–H and O–H groups in total. The minimum Gasteiger partial charge on any atom is -0.397 e. The van der Waals surface area contributed by atoms with E-state index < -0.39 is 0 Å². The molecule has 0 aliphatic carbocycles. The Morgan fingerprint density at radius 2 is 1.84 bits per heavy atom. The zero-order valence-electron chi connectivity index (χ0n) is 13.8. The molecule has 0 radical (unpaired) electrons. The summed E-state index contributed by atoms with van der Waals surface area (Å²) < 4.78 is 0. The van der Waals surface area contributed by atoms with Gasteiger partial charge in [-0.2, -0.15) is 0 Å². The first-order chi connectivity index (χ1) is 12.1. The van der Waals surface area contributed by atoms with Gasteiger partial charge in [0.25, 0.3) is 5.91 Å². The van der Waals surface area contributed by atoms with Crippen molar-refractivity contribution in [3.8, 4) is 0 Å². The molecule has 3 aromatic rings. The molecule has 6 heteroatoms. The number of carbonyl (C=O) groups is 1. The van der Waals surface area contributed by atoms with Crippen LogP contribution in [0.1, 0.15) is 10.4 Å². The molecule has 2 aromatic carbocycles. The highest BCUT2D eigenvalue weighted by Gasteiger charge is 2.13. The van der Waals surface area contributed by atoms with E-state index in [1.54, 1.807) is 31.4 Å². The summed E-state index contributed by atoms with van der Waals surface area (Å²) in [5, 5.41) is 10.9. The van der Waals surface area contributed by atoms with E-state index in [0.29, 0.717) is 28.6 Å². The number of nitrogens with two attached hydrogens (primary N) is 1. The lowest BCUT2D eigenvalue weighted by Crippen LogP contribution is -2.21. The van der Waals surface area contributed by atoms with Gasteiger partial charge in [0.2, 0.25) is 0 Å². The fourth-order valence-corrected chi connectivity index (χ4v) is 2.52. The number of benzene rings is 2. The summed E-state index contributed by atoms with van der Waals surface area (Å²) in [5.41, 5.74) is 7.40. The van der Waals surface area contributed by atoms with Crippen molar-refractivity contribution in [2.75, 3.05) is 23.4 Å². The smallest absolute Gasteiger partial charge is 0.253 e. The highest BCUT2D eigenvalue weighted by molar-refractivity contribution is 6.02. The molecule has 0 spiro atoms. The van der Waals surface area contributed by atoms with Gasteiger partial charge in [0, 0.05) is 18.6 Å². The van der Waals surface area contributed by atoms with Gasteiger partial charge < -0.3 is 21.7 Å². The fraction of sp³-hybridized carbons (Fsp3) is 0.0526. The average molecular weight is 333 g/mol. The molecule has 25 heavy (non-hydrogen) atoms. The highest BCUT2D eigenvalue weighted by Crippen LogP contribution is 2.25. The van der Waals surface area contributed by atoms with Crippen molar-refractivity contribution >= 4 is 33.9 Å². The highest BCUT2D eigenvalue weighted by atomic mass is 16.1. The van der Waals surface area contributed by atoms with E-state index in [2.05, 4.69) is 27.5 Å². The Kier molecular flexibility index (Phi) is 4.52. The van der Waals surface area contributed by atoms with E-state index in [-0.39, 0.29) is 5.91 Å². The van der Waals surface area contributed by atoms with Crippen LogP contribution in [0.2, 0.25) is 0 Å². The van der Waals surface area contributed by atoms with E-state index in [1.807, 2.05) is 30.3 Å². The molecule has 3 rings (SSSR count). The minimum atomic E-state index is -0.230. The summed E-state index contributed by atoms with van der Waals surface area (Å²) in [5.74, 6) is 0.879.